The van der Waals surface area contributed by atoms with Gasteiger partial charge in [0, 0.05) is 17.4 Å². The highest BCUT2D eigenvalue weighted by atomic mass is 32.1. The van der Waals surface area contributed by atoms with Gasteiger partial charge in [-0.3, -0.25) is 0 Å². The summed E-state index contributed by atoms with van der Waals surface area (Å²) in [5, 5.41) is 18.2. The van der Waals surface area contributed by atoms with Crippen molar-refractivity contribution < 1.29 is 32.9 Å². The summed E-state index contributed by atoms with van der Waals surface area (Å²) in [7, 11) is 1.47. The van der Waals surface area contributed by atoms with Crippen LogP contribution in [0.15, 0.2) is 42.5 Å². The number of hydrogen-bond acceptors (Lipinski definition) is 9. The molecule has 1 N–H and O–H groups in total. The van der Waals surface area contributed by atoms with E-state index in [4.69, 9.17) is 19.2 Å². The number of imidazole rings is 1. The lowest BCUT2D eigenvalue weighted by Crippen LogP contribution is -2.27. The van der Waals surface area contributed by atoms with Crippen LogP contribution in [0.1, 0.15) is 52.2 Å². The maximum absolute atomic E-state index is 15.8. The smallest absolute Gasteiger partial charge is 0.335 e. The van der Waals surface area contributed by atoms with Crippen LogP contribution in [0.2, 0.25) is 0 Å². The van der Waals surface area contributed by atoms with Crippen molar-refractivity contribution in [2.75, 3.05) is 20.3 Å². The van der Waals surface area contributed by atoms with Gasteiger partial charge in [0.1, 0.15) is 18.2 Å². The first-order valence-electron chi connectivity index (χ1n) is 13.8. The van der Waals surface area contributed by atoms with Crippen LogP contribution in [0, 0.1) is 24.0 Å². The number of methoxy groups -OCH3 is 1. The van der Waals surface area contributed by atoms with Crippen molar-refractivity contribution in [2.45, 2.75) is 39.8 Å². The van der Waals surface area contributed by atoms with Crippen LogP contribution >= 0.6 is 11.3 Å². The van der Waals surface area contributed by atoms with E-state index >= 15 is 4.39 Å². The van der Waals surface area contributed by atoms with Crippen molar-refractivity contribution in [2.24, 2.45) is 5.41 Å². The van der Waals surface area contributed by atoms with Gasteiger partial charge in [0.05, 0.1) is 48.7 Å². The minimum atomic E-state index is -1.04. The molecular formula is C31H29F2N5O5S. The number of ether oxygens (including phenoxy) is 3. The fourth-order valence-corrected chi connectivity index (χ4v) is 6.00. The number of carbonyl (C=O) groups is 1. The molecule has 228 valence electrons. The summed E-state index contributed by atoms with van der Waals surface area (Å²) < 4.78 is 48.7. The second kappa shape index (κ2) is 11.5. The van der Waals surface area contributed by atoms with Crippen molar-refractivity contribution in [1.29, 1.82) is 0 Å². The molecule has 0 amide bonds. The summed E-state index contributed by atoms with van der Waals surface area (Å²) in [6.07, 6.45) is 0.160. The first-order chi connectivity index (χ1) is 21.0. The zero-order valence-corrected chi connectivity index (χ0v) is 25.2. The number of aromatic nitrogens is 5. The molecule has 0 aliphatic carbocycles. The molecule has 3 aromatic heterocycles. The average Bonchev–Trinajstić information content (AvgIpc) is 3.69. The molecule has 1 aliphatic heterocycles. The van der Waals surface area contributed by atoms with Crippen LogP contribution < -0.4 is 9.47 Å². The molecule has 13 heteroatoms. The third kappa shape index (κ3) is 5.60. The molecule has 0 bridgehead atoms. The number of aryl methyl sites for hydroxylation is 1. The molecule has 5 aromatic rings. The average molecular weight is 622 g/mol. The van der Waals surface area contributed by atoms with Gasteiger partial charge in [-0.1, -0.05) is 36.3 Å². The predicted molar refractivity (Wildman–Crippen MR) is 158 cm³/mol. The number of carboxylic acids is 1. The molecule has 0 spiro atoms. The van der Waals surface area contributed by atoms with Crippen molar-refractivity contribution >= 4 is 28.3 Å². The van der Waals surface area contributed by atoms with E-state index < -0.39 is 17.6 Å². The lowest BCUT2D eigenvalue weighted by molar-refractivity contribution is 0.0697. The Labute approximate surface area is 255 Å². The summed E-state index contributed by atoms with van der Waals surface area (Å²) in [5.74, 6) is -1.82. The van der Waals surface area contributed by atoms with Crippen LogP contribution in [0.5, 0.6) is 11.1 Å². The van der Waals surface area contributed by atoms with Crippen LogP contribution in [0.25, 0.3) is 22.3 Å². The molecule has 1 fully saturated rings. The zero-order valence-electron chi connectivity index (χ0n) is 24.4. The third-order valence-electron chi connectivity index (χ3n) is 7.76. The molecule has 10 nitrogen and oxygen atoms in total. The van der Waals surface area contributed by atoms with Gasteiger partial charge in [-0.2, -0.15) is 0 Å². The third-order valence-corrected chi connectivity index (χ3v) is 8.62. The molecule has 2 aromatic carbocycles. The van der Waals surface area contributed by atoms with Crippen molar-refractivity contribution in [1.82, 2.24) is 24.7 Å². The van der Waals surface area contributed by atoms with Crippen LogP contribution in [0.3, 0.4) is 0 Å². The molecule has 6 rings (SSSR count). The Morgan fingerprint density at radius 1 is 1.14 bits per heavy atom. The monoisotopic (exact) mass is 621 g/mol. The molecule has 0 saturated carbocycles. The van der Waals surface area contributed by atoms with E-state index in [-0.39, 0.29) is 35.9 Å². The van der Waals surface area contributed by atoms with Gasteiger partial charge >= 0.3 is 5.97 Å². The standard InChI is InChI=1S/C31H29F2N5O5S/c1-16-9-18(11-26-34-23-7-5-17(29(39)40)10-24(23)38(26)25-13-42-15-31(25,2)3)21(33)12-19(16)22-8-6-20(32)28(35-22)43-14-27-36-37-30(41-4)44-27/h5-10,12,25H,11,13-15H2,1-4H3,(H,39,40)/t25-/m1/s1. The van der Waals surface area contributed by atoms with Gasteiger partial charge in [0.25, 0.3) is 11.1 Å². The van der Waals surface area contributed by atoms with Gasteiger partial charge < -0.3 is 23.9 Å². The molecule has 1 aliphatic rings. The molecule has 44 heavy (non-hydrogen) atoms. The largest absolute Gasteiger partial charge is 0.478 e. The summed E-state index contributed by atoms with van der Waals surface area (Å²) in [6.45, 7) is 6.89. The second-order valence-electron chi connectivity index (χ2n) is 11.3. The number of rotatable bonds is 9. The van der Waals surface area contributed by atoms with E-state index in [1.165, 1.54) is 42.7 Å². The Balaban J connectivity index is 1.33. The predicted octanol–water partition coefficient (Wildman–Crippen LogP) is 6.01. The minimum Gasteiger partial charge on any atom is -0.478 e. The maximum Gasteiger partial charge on any atom is 0.335 e. The number of nitrogens with zero attached hydrogens (tertiary/aromatic N) is 5. The number of fused-ring (bicyclic) bond motifs is 1. The van der Waals surface area contributed by atoms with Crippen LogP contribution in [-0.4, -0.2) is 56.1 Å². The van der Waals surface area contributed by atoms with Crippen molar-refractivity contribution in [3.05, 3.63) is 81.6 Å². The summed E-state index contributed by atoms with van der Waals surface area (Å²) >= 11 is 1.17. The number of halogens is 2. The van der Waals surface area contributed by atoms with Gasteiger partial charge in [0.15, 0.2) is 10.8 Å². The SMILES string of the molecule is COc1nnc(COc2nc(-c3cc(F)c(Cc4nc5ccc(C(=O)O)cc5n4[C@@H]4COCC4(C)C)cc3C)ccc2F)s1. The second-order valence-corrected chi connectivity index (χ2v) is 12.3. The van der Waals surface area contributed by atoms with E-state index in [1.807, 2.05) is 11.5 Å². The summed E-state index contributed by atoms with van der Waals surface area (Å²) in [4.78, 5) is 20.9. The Bertz CT molecular complexity index is 1890. The molecule has 0 radical (unpaired) electrons. The van der Waals surface area contributed by atoms with Crippen LogP contribution in [-0.2, 0) is 17.8 Å². The lowest BCUT2D eigenvalue weighted by atomic mass is 9.87. The first-order valence-corrected chi connectivity index (χ1v) is 14.6. The van der Waals surface area contributed by atoms with Gasteiger partial charge in [0.2, 0.25) is 0 Å². The number of pyridine rings is 1. The van der Waals surface area contributed by atoms with Gasteiger partial charge in [-0.25, -0.2) is 23.5 Å². The zero-order chi connectivity index (χ0) is 31.2. The highest BCUT2D eigenvalue weighted by molar-refractivity contribution is 7.13. The molecule has 4 heterocycles. The van der Waals surface area contributed by atoms with E-state index in [2.05, 4.69) is 29.0 Å². The highest BCUT2D eigenvalue weighted by Crippen LogP contribution is 2.41. The first kappa shape index (κ1) is 29.6. The lowest BCUT2D eigenvalue weighted by Gasteiger charge is -2.28. The maximum atomic E-state index is 15.8. The Morgan fingerprint density at radius 3 is 2.66 bits per heavy atom. The fraction of sp³-hybridized carbons (Fsp3) is 0.323. The molecule has 1 saturated heterocycles. The van der Waals surface area contributed by atoms with E-state index in [0.29, 0.717) is 57.1 Å². The number of hydrogen-bond donors (Lipinski definition) is 1. The number of benzene rings is 2. The van der Waals surface area contributed by atoms with Gasteiger partial charge in [-0.05, 0) is 54.4 Å². The Morgan fingerprint density at radius 2 is 1.95 bits per heavy atom. The number of aromatic carboxylic acids is 1. The Kier molecular flexibility index (Phi) is 7.76. The van der Waals surface area contributed by atoms with E-state index in [0.717, 1.165) is 5.56 Å². The van der Waals surface area contributed by atoms with Crippen molar-refractivity contribution in [3.8, 4) is 22.3 Å². The fourth-order valence-electron chi connectivity index (χ4n) is 5.43. The van der Waals surface area contributed by atoms with E-state index in [1.54, 1.807) is 18.2 Å². The van der Waals surface area contributed by atoms with E-state index in [9.17, 15) is 14.3 Å². The molecule has 0 unspecified atom stereocenters. The topological polar surface area (TPSA) is 121 Å². The number of carboxylic acid groups (broad SMARTS) is 1. The normalized spacial score (nSPS) is 16.0. The minimum absolute atomic E-state index is 0.0571. The highest BCUT2D eigenvalue weighted by Gasteiger charge is 2.39. The van der Waals surface area contributed by atoms with Crippen LogP contribution in [0.4, 0.5) is 8.78 Å². The Hall–Kier alpha value is -4.49. The summed E-state index contributed by atoms with van der Waals surface area (Å²) in [6, 6.07) is 10.5. The van der Waals surface area contributed by atoms with Crippen molar-refractivity contribution in [3.63, 3.8) is 0 Å². The summed E-state index contributed by atoms with van der Waals surface area (Å²) in [5.41, 5.74) is 3.13. The molecular weight excluding hydrogens is 592 g/mol. The van der Waals surface area contributed by atoms with Gasteiger partial charge in [-0.15, -0.1) is 5.10 Å². The molecule has 1 atom stereocenters. The quantitative estimate of drug-likeness (QED) is 0.211.